The van der Waals surface area contributed by atoms with Crippen molar-refractivity contribution in [1.82, 2.24) is 4.90 Å². The second-order valence-corrected chi connectivity index (χ2v) is 4.31. The molecule has 0 radical (unpaired) electrons. The van der Waals surface area contributed by atoms with Crippen molar-refractivity contribution in [3.63, 3.8) is 0 Å². The molecule has 0 unspecified atom stereocenters. The molecule has 16 heavy (non-hydrogen) atoms. The zero-order chi connectivity index (χ0) is 11.1. The fraction of sp³-hybridized carbons (Fsp3) is 0.308. The molecule has 3 heteroatoms. The summed E-state index contributed by atoms with van der Waals surface area (Å²) in [5.74, 6) is -0.849. The topological polar surface area (TPSA) is 40.5 Å². The van der Waals surface area contributed by atoms with Crippen LogP contribution in [0, 0.1) is 0 Å². The summed E-state index contributed by atoms with van der Waals surface area (Å²) in [6, 6.07) is 5.41. The molecule has 0 amide bonds. The Morgan fingerprint density at radius 1 is 1.38 bits per heavy atom. The summed E-state index contributed by atoms with van der Waals surface area (Å²) in [7, 11) is 0. The minimum Gasteiger partial charge on any atom is -0.478 e. The minimum absolute atomic E-state index is 0.383. The molecule has 0 bridgehead atoms. The lowest BCUT2D eigenvalue weighted by Crippen LogP contribution is -2.38. The zero-order valence-corrected chi connectivity index (χ0v) is 8.94. The molecule has 82 valence electrons. The molecule has 1 N–H and O–H groups in total. The Morgan fingerprint density at radius 3 is 3.06 bits per heavy atom. The normalized spacial score (nSPS) is 17.8. The lowest BCUT2D eigenvalue weighted by atomic mass is 10.1. The molecular weight excluding hydrogens is 202 g/mol. The monoisotopic (exact) mass is 215 g/mol. The van der Waals surface area contributed by atoms with Crippen molar-refractivity contribution < 1.29 is 9.90 Å². The van der Waals surface area contributed by atoms with Gasteiger partial charge in [0.15, 0.2) is 0 Å². The van der Waals surface area contributed by atoms with Crippen LogP contribution in [0.3, 0.4) is 0 Å². The number of carboxylic acid groups (broad SMARTS) is 1. The zero-order valence-electron chi connectivity index (χ0n) is 8.94. The summed E-state index contributed by atoms with van der Waals surface area (Å²) < 4.78 is 0. The molecule has 3 nitrogen and oxygen atoms in total. The van der Waals surface area contributed by atoms with Crippen molar-refractivity contribution in [3.05, 3.63) is 34.2 Å². The van der Waals surface area contributed by atoms with Gasteiger partial charge in [-0.1, -0.05) is 12.1 Å². The molecule has 1 fully saturated rings. The van der Waals surface area contributed by atoms with Crippen LogP contribution in [0.2, 0.25) is 0 Å². The molecule has 2 aliphatic rings. The average Bonchev–Trinajstić information content (AvgIpc) is 2.76. The third-order valence-electron chi connectivity index (χ3n) is 3.37. The van der Waals surface area contributed by atoms with Gasteiger partial charge in [-0.2, -0.15) is 0 Å². The van der Waals surface area contributed by atoms with Crippen LogP contribution in [0.15, 0.2) is 18.2 Å². The molecule has 2 heterocycles. The van der Waals surface area contributed by atoms with Gasteiger partial charge in [-0.25, -0.2) is 4.79 Å². The third kappa shape index (κ3) is 1.32. The Morgan fingerprint density at radius 2 is 2.25 bits per heavy atom. The van der Waals surface area contributed by atoms with E-state index in [9.17, 15) is 4.79 Å². The molecule has 0 spiro atoms. The number of hydrogen-bond donors (Lipinski definition) is 1. The molecule has 0 atom stereocenters. The minimum atomic E-state index is -0.849. The SMILES string of the molecule is O=C(O)c1ccc2c(c1)=C1CCCN1CC=2. The van der Waals surface area contributed by atoms with E-state index in [1.165, 1.54) is 17.3 Å². The second-order valence-electron chi connectivity index (χ2n) is 4.31. The van der Waals surface area contributed by atoms with Gasteiger partial charge in [0, 0.05) is 24.0 Å². The molecule has 2 aliphatic heterocycles. The Labute approximate surface area is 93.3 Å². The number of fused-ring (bicyclic) bond motifs is 2. The lowest BCUT2D eigenvalue weighted by molar-refractivity contribution is 0.0697. The van der Waals surface area contributed by atoms with Crippen LogP contribution in [0.4, 0.5) is 0 Å². The third-order valence-corrected chi connectivity index (χ3v) is 3.37. The molecular formula is C13H13NO2. The van der Waals surface area contributed by atoms with E-state index in [0.717, 1.165) is 24.7 Å². The van der Waals surface area contributed by atoms with Crippen molar-refractivity contribution in [1.29, 1.82) is 0 Å². The highest BCUT2D eigenvalue weighted by atomic mass is 16.4. The van der Waals surface area contributed by atoms with E-state index >= 15 is 0 Å². The molecule has 0 saturated carbocycles. The number of nitrogens with zero attached hydrogens (tertiary/aromatic N) is 1. The van der Waals surface area contributed by atoms with E-state index in [0.29, 0.717) is 5.56 Å². The summed E-state index contributed by atoms with van der Waals surface area (Å²) in [6.45, 7) is 2.07. The molecule has 0 aromatic heterocycles. The first kappa shape index (κ1) is 9.46. The van der Waals surface area contributed by atoms with Crippen LogP contribution in [0.25, 0.3) is 11.8 Å². The summed E-state index contributed by atoms with van der Waals surface area (Å²) in [5.41, 5.74) is 1.70. The maximum absolute atomic E-state index is 10.9. The van der Waals surface area contributed by atoms with Gasteiger partial charge in [0.05, 0.1) is 5.56 Å². The van der Waals surface area contributed by atoms with E-state index in [2.05, 4.69) is 11.0 Å². The smallest absolute Gasteiger partial charge is 0.335 e. The van der Waals surface area contributed by atoms with Crippen molar-refractivity contribution in [2.24, 2.45) is 0 Å². The van der Waals surface area contributed by atoms with Crippen molar-refractivity contribution in [2.75, 3.05) is 13.1 Å². The van der Waals surface area contributed by atoms with E-state index in [4.69, 9.17) is 5.11 Å². The van der Waals surface area contributed by atoms with Gasteiger partial charge in [0.2, 0.25) is 0 Å². The first-order chi connectivity index (χ1) is 7.75. The Balaban J connectivity index is 2.30. The standard InChI is InChI=1S/C13H13NO2/c15-13(16)10-4-3-9-5-7-14-6-1-2-12(14)11(9)8-10/h3-5,8H,1-2,6-7H2,(H,15,16). The van der Waals surface area contributed by atoms with Crippen LogP contribution in [-0.4, -0.2) is 29.1 Å². The summed E-state index contributed by atoms with van der Waals surface area (Å²) in [4.78, 5) is 13.3. The lowest BCUT2D eigenvalue weighted by Gasteiger charge is -2.21. The predicted octanol–water partition coefficient (Wildman–Crippen LogP) is 0.383. The van der Waals surface area contributed by atoms with Crippen molar-refractivity contribution in [3.8, 4) is 0 Å². The van der Waals surface area contributed by atoms with Crippen LogP contribution >= 0.6 is 0 Å². The number of hydrogen-bond acceptors (Lipinski definition) is 2. The molecule has 1 saturated heterocycles. The summed E-state index contributed by atoms with van der Waals surface area (Å²) in [6.07, 6.45) is 4.43. The summed E-state index contributed by atoms with van der Waals surface area (Å²) in [5, 5.41) is 11.3. The van der Waals surface area contributed by atoms with Gasteiger partial charge in [-0.3, -0.25) is 0 Å². The molecule has 1 aromatic carbocycles. The molecule has 1 aromatic rings. The van der Waals surface area contributed by atoms with Gasteiger partial charge >= 0.3 is 5.97 Å². The van der Waals surface area contributed by atoms with Crippen molar-refractivity contribution >= 4 is 17.7 Å². The van der Waals surface area contributed by atoms with Crippen LogP contribution in [0.5, 0.6) is 0 Å². The van der Waals surface area contributed by atoms with Crippen LogP contribution < -0.4 is 10.4 Å². The first-order valence-electron chi connectivity index (χ1n) is 5.57. The van der Waals surface area contributed by atoms with Gasteiger partial charge in [-0.05, 0) is 30.2 Å². The second kappa shape index (κ2) is 3.37. The number of rotatable bonds is 1. The number of carboxylic acids is 1. The molecule has 3 rings (SSSR count). The van der Waals surface area contributed by atoms with Crippen LogP contribution in [0.1, 0.15) is 23.2 Å². The Hall–Kier alpha value is -1.77. The average molecular weight is 215 g/mol. The number of aromatic carboxylic acids is 1. The highest BCUT2D eigenvalue weighted by Crippen LogP contribution is 2.21. The van der Waals surface area contributed by atoms with E-state index in [1.54, 1.807) is 12.1 Å². The largest absolute Gasteiger partial charge is 0.478 e. The fourth-order valence-corrected chi connectivity index (χ4v) is 2.56. The van der Waals surface area contributed by atoms with E-state index in [1.807, 2.05) is 6.07 Å². The van der Waals surface area contributed by atoms with Gasteiger partial charge in [0.1, 0.15) is 0 Å². The van der Waals surface area contributed by atoms with E-state index in [-0.39, 0.29) is 0 Å². The summed E-state index contributed by atoms with van der Waals surface area (Å²) >= 11 is 0. The highest BCUT2D eigenvalue weighted by Gasteiger charge is 2.19. The quantitative estimate of drug-likeness (QED) is 0.736. The van der Waals surface area contributed by atoms with Gasteiger partial charge in [-0.15, -0.1) is 0 Å². The number of carbonyl (C=O) groups is 1. The maximum Gasteiger partial charge on any atom is 0.335 e. The fourth-order valence-electron chi connectivity index (χ4n) is 2.56. The Kier molecular flexibility index (Phi) is 1.99. The van der Waals surface area contributed by atoms with Gasteiger partial charge < -0.3 is 10.0 Å². The van der Waals surface area contributed by atoms with E-state index < -0.39 is 5.97 Å². The highest BCUT2D eigenvalue weighted by molar-refractivity contribution is 5.87. The Bertz CT molecular complexity index is 574. The number of benzene rings is 1. The molecule has 0 aliphatic carbocycles. The van der Waals surface area contributed by atoms with Crippen LogP contribution in [-0.2, 0) is 0 Å². The maximum atomic E-state index is 10.9. The van der Waals surface area contributed by atoms with Gasteiger partial charge in [0.25, 0.3) is 0 Å². The first-order valence-corrected chi connectivity index (χ1v) is 5.57. The predicted molar refractivity (Wildman–Crippen MR) is 61.3 cm³/mol. The van der Waals surface area contributed by atoms with Crippen molar-refractivity contribution in [2.45, 2.75) is 12.8 Å².